The summed E-state index contributed by atoms with van der Waals surface area (Å²) in [6.07, 6.45) is 3.99. The predicted octanol–water partition coefficient (Wildman–Crippen LogP) is 2.95. The van der Waals surface area contributed by atoms with E-state index in [1.807, 2.05) is 19.1 Å². The maximum atomic E-state index is 11.8. The Morgan fingerprint density at radius 3 is 2.79 bits per heavy atom. The zero-order chi connectivity index (χ0) is 14.1. The Morgan fingerprint density at radius 1 is 1.37 bits per heavy atom. The fourth-order valence-electron chi connectivity index (χ4n) is 1.40. The second-order valence-electron chi connectivity index (χ2n) is 3.70. The summed E-state index contributed by atoms with van der Waals surface area (Å²) in [5.74, 6) is 2.49. The van der Waals surface area contributed by atoms with Gasteiger partial charge in [0.15, 0.2) is 0 Å². The fourth-order valence-corrected chi connectivity index (χ4v) is 2.11. The highest BCUT2D eigenvalue weighted by Gasteiger charge is 2.08. The summed E-state index contributed by atoms with van der Waals surface area (Å²) in [4.78, 5) is 11.8. The van der Waals surface area contributed by atoms with Gasteiger partial charge in [-0.3, -0.25) is 4.79 Å². The normalized spacial score (nSPS) is 10.5. The summed E-state index contributed by atoms with van der Waals surface area (Å²) >= 11 is 1.56. The van der Waals surface area contributed by atoms with Crippen LogP contribution in [0.3, 0.4) is 0 Å². The van der Waals surface area contributed by atoms with E-state index in [2.05, 4.69) is 5.32 Å². The highest BCUT2D eigenvalue weighted by molar-refractivity contribution is 8.00. The number of allylic oxidation sites excluding steroid dienone is 1. The minimum absolute atomic E-state index is 0.0435. The molecule has 0 aromatic heterocycles. The zero-order valence-electron chi connectivity index (χ0n) is 11.4. The molecule has 0 bridgehead atoms. The Bertz CT molecular complexity index is 446. The number of hydrogen-bond acceptors (Lipinski definition) is 4. The van der Waals surface area contributed by atoms with Gasteiger partial charge < -0.3 is 14.8 Å². The van der Waals surface area contributed by atoms with Crippen LogP contribution in [-0.2, 0) is 4.79 Å². The van der Waals surface area contributed by atoms with Gasteiger partial charge in [0.2, 0.25) is 5.91 Å². The molecular formula is C14H19NO3S. The first-order chi connectivity index (χ1) is 9.21. The van der Waals surface area contributed by atoms with E-state index in [4.69, 9.17) is 9.47 Å². The lowest BCUT2D eigenvalue weighted by atomic mass is 10.2. The minimum Gasteiger partial charge on any atom is -0.497 e. The fraction of sp³-hybridized carbons (Fsp3) is 0.357. The summed E-state index contributed by atoms with van der Waals surface area (Å²) in [5.41, 5.74) is 0.653. The van der Waals surface area contributed by atoms with Gasteiger partial charge in [-0.1, -0.05) is 12.2 Å². The number of benzene rings is 1. The van der Waals surface area contributed by atoms with Gasteiger partial charge in [-0.2, -0.15) is 0 Å². The van der Waals surface area contributed by atoms with E-state index in [-0.39, 0.29) is 5.91 Å². The van der Waals surface area contributed by atoms with Gasteiger partial charge in [0.25, 0.3) is 0 Å². The second kappa shape index (κ2) is 8.48. The van der Waals surface area contributed by atoms with Gasteiger partial charge in [-0.25, -0.2) is 0 Å². The number of thioether (sulfide) groups is 1. The smallest absolute Gasteiger partial charge is 0.234 e. The van der Waals surface area contributed by atoms with Gasteiger partial charge in [0.05, 0.1) is 25.7 Å². The molecule has 19 heavy (non-hydrogen) atoms. The van der Waals surface area contributed by atoms with Crippen LogP contribution in [0.2, 0.25) is 0 Å². The van der Waals surface area contributed by atoms with Gasteiger partial charge in [-0.15, -0.1) is 11.8 Å². The maximum Gasteiger partial charge on any atom is 0.234 e. The molecule has 4 nitrogen and oxygen atoms in total. The van der Waals surface area contributed by atoms with Gasteiger partial charge in [-0.05, 0) is 19.1 Å². The van der Waals surface area contributed by atoms with Crippen LogP contribution < -0.4 is 14.8 Å². The van der Waals surface area contributed by atoms with Crippen molar-refractivity contribution in [1.29, 1.82) is 0 Å². The first-order valence-corrected chi connectivity index (χ1v) is 7.07. The van der Waals surface area contributed by atoms with Crippen LogP contribution in [0.5, 0.6) is 11.5 Å². The summed E-state index contributed by atoms with van der Waals surface area (Å²) in [5, 5.41) is 2.83. The van der Waals surface area contributed by atoms with Crippen molar-refractivity contribution in [2.24, 2.45) is 0 Å². The van der Waals surface area contributed by atoms with Crippen molar-refractivity contribution in [2.75, 3.05) is 31.0 Å². The van der Waals surface area contributed by atoms with E-state index in [1.54, 1.807) is 44.2 Å². The van der Waals surface area contributed by atoms with Crippen molar-refractivity contribution < 1.29 is 14.3 Å². The molecule has 0 fully saturated rings. The summed E-state index contributed by atoms with van der Waals surface area (Å²) < 4.78 is 10.3. The Hall–Kier alpha value is -1.62. The van der Waals surface area contributed by atoms with Crippen LogP contribution in [0, 0.1) is 0 Å². The number of anilines is 1. The number of rotatable bonds is 7. The van der Waals surface area contributed by atoms with Crippen LogP contribution in [-0.4, -0.2) is 31.6 Å². The molecule has 0 heterocycles. The predicted molar refractivity (Wildman–Crippen MR) is 80.3 cm³/mol. The summed E-state index contributed by atoms with van der Waals surface area (Å²) in [7, 11) is 3.15. The molecule has 0 aliphatic carbocycles. The van der Waals surface area contributed by atoms with E-state index in [0.717, 1.165) is 5.75 Å². The van der Waals surface area contributed by atoms with E-state index < -0.39 is 0 Å². The van der Waals surface area contributed by atoms with Crippen LogP contribution >= 0.6 is 11.8 Å². The molecule has 1 aromatic carbocycles. The number of carbonyl (C=O) groups is 1. The number of ether oxygens (including phenoxy) is 2. The highest BCUT2D eigenvalue weighted by Crippen LogP contribution is 2.29. The minimum atomic E-state index is -0.0435. The Kier molecular flexibility index (Phi) is 6.89. The third-order valence-corrected chi connectivity index (χ3v) is 3.26. The van der Waals surface area contributed by atoms with Gasteiger partial charge in [0.1, 0.15) is 11.5 Å². The highest BCUT2D eigenvalue weighted by atomic mass is 32.2. The number of amides is 1. The molecule has 1 N–H and O–H groups in total. The zero-order valence-corrected chi connectivity index (χ0v) is 12.3. The van der Waals surface area contributed by atoms with Crippen LogP contribution in [0.1, 0.15) is 6.92 Å². The van der Waals surface area contributed by atoms with Crippen molar-refractivity contribution in [3.63, 3.8) is 0 Å². The standard InChI is InChI=1S/C14H19NO3S/c1-4-5-8-19-10-14(16)15-12-7-6-11(17-2)9-13(12)18-3/h4-7,9H,8,10H2,1-3H3,(H,15,16)/b5-4+. The molecule has 104 valence electrons. The lowest BCUT2D eigenvalue weighted by Gasteiger charge is -2.11. The Balaban J connectivity index is 2.58. The average molecular weight is 281 g/mol. The molecule has 0 radical (unpaired) electrons. The first-order valence-electron chi connectivity index (χ1n) is 5.92. The molecule has 1 rings (SSSR count). The van der Waals surface area contributed by atoms with Crippen LogP contribution in [0.4, 0.5) is 5.69 Å². The maximum absolute atomic E-state index is 11.8. The molecule has 0 saturated heterocycles. The van der Waals surface area contributed by atoms with Gasteiger partial charge in [0, 0.05) is 11.8 Å². The molecular weight excluding hydrogens is 262 g/mol. The molecule has 0 aliphatic heterocycles. The number of carbonyl (C=O) groups excluding carboxylic acids is 1. The molecule has 1 aromatic rings. The summed E-state index contributed by atoms with van der Waals surface area (Å²) in [6.45, 7) is 1.96. The lowest BCUT2D eigenvalue weighted by molar-refractivity contribution is -0.113. The van der Waals surface area contributed by atoms with Crippen molar-refractivity contribution in [2.45, 2.75) is 6.92 Å². The number of nitrogens with one attached hydrogen (secondary N) is 1. The SMILES string of the molecule is C/C=C/CSCC(=O)Nc1ccc(OC)cc1OC. The van der Waals surface area contributed by atoms with Crippen molar-refractivity contribution >= 4 is 23.4 Å². The van der Waals surface area contributed by atoms with E-state index in [1.165, 1.54) is 0 Å². The van der Waals surface area contributed by atoms with E-state index in [9.17, 15) is 4.79 Å². The first kappa shape index (κ1) is 15.4. The van der Waals surface area contributed by atoms with E-state index in [0.29, 0.717) is 22.9 Å². The second-order valence-corrected chi connectivity index (χ2v) is 4.73. The number of hydrogen-bond donors (Lipinski definition) is 1. The van der Waals surface area contributed by atoms with Crippen LogP contribution in [0.15, 0.2) is 30.4 Å². The molecule has 0 saturated carbocycles. The Morgan fingerprint density at radius 2 is 2.16 bits per heavy atom. The average Bonchev–Trinajstić information content (AvgIpc) is 2.44. The molecule has 5 heteroatoms. The molecule has 0 unspecified atom stereocenters. The quantitative estimate of drug-likeness (QED) is 0.616. The topological polar surface area (TPSA) is 47.6 Å². The summed E-state index contributed by atoms with van der Waals surface area (Å²) in [6, 6.07) is 5.29. The number of methoxy groups -OCH3 is 2. The molecule has 0 spiro atoms. The third-order valence-electron chi connectivity index (χ3n) is 2.37. The third kappa shape index (κ3) is 5.26. The van der Waals surface area contributed by atoms with Gasteiger partial charge >= 0.3 is 0 Å². The lowest BCUT2D eigenvalue weighted by Crippen LogP contribution is -2.14. The van der Waals surface area contributed by atoms with Crippen molar-refractivity contribution in [3.05, 3.63) is 30.4 Å². The Labute approximate surface area is 118 Å². The monoisotopic (exact) mass is 281 g/mol. The molecule has 1 amide bonds. The molecule has 0 atom stereocenters. The van der Waals surface area contributed by atoms with Crippen molar-refractivity contribution in [3.8, 4) is 11.5 Å². The van der Waals surface area contributed by atoms with Crippen molar-refractivity contribution in [1.82, 2.24) is 0 Å². The largest absolute Gasteiger partial charge is 0.497 e. The van der Waals surface area contributed by atoms with Crippen LogP contribution in [0.25, 0.3) is 0 Å². The molecule has 0 aliphatic rings. The van der Waals surface area contributed by atoms with E-state index >= 15 is 0 Å².